The molecule has 0 saturated heterocycles. The summed E-state index contributed by atoms with van der Waals surface area (Å²) < 4.78 is 11.9. The molecule has 3 aromatic rings. The van der Waals surface area contributed by atoms with Gasteiger partial charge in [-0.05, 0) is 37.1 Å². The molecule has 35 heavy (non-hydrogen) atoms. The van der Waals surface area contributed by atoms with E-state index in [4.69, 9.17) is 9.47 Å². The summed E-state index contributed by atoms with van der Waals surface area (Å²) in [5, 5.41) is 2.85. The average Bonchev–Trinajstić information content (AvgIpc) is 3.55. The molecule has 8 heteroatoms. The van der Waals surface area contributed by atoms with E-state index in [1.807, 2.05) is 50.3 Å². The van der Waals surface area contributed by atoms with Crippen LogP contribution < -0.4 is 19.7 Å². The molecule has 0 aliphatic carbocycles. The van der Waals surface area contributed by atoms with Crippen LogP contribution in [0.4, 0.5) is 5.69 Å². The highest BCUT2D eigenvalue weighted by atomic mass is 16.5. The van der Waals surface area contributed by atoms with Crippen LogP contribution in [-0.4, -0.2) is 41.5 Å². The number of anilines is 1. The Morgan fingerprint density at radius 1 is 1.20 bits per heavy atom. The first-order valence-electron chi connectivity index (χ1n) is 11.6. The van der Waals surface area contributed by atoms with Crippen LogP contribution in [0.2, 0.25) is 0 Å². The summed E-state index contributed by atoms with van der Waals surface area (Å²) in [6.45, 7) is 4.32. The maximum Gasteiger partial charge on any atom is 0.246 e. The zero-order valence-corrected chi connectivity index (χ0v) is 19.5. The number of nitrogens with zero attached hydrogens (tertiary/aromatic N) is 3. The smallest absolute Gasteiger partial charge is 0.246 e. The van der Waals surface area contributed by atoms with Crippen molar-refractivity contribution in [3.63, 3.8) is 0 Å². The van der Waals surface area contributed by atoms with Crippen LogP contribution >= 0.6 is 0 Å². The Labute approximate surface area is 202 Å². The number of hydrogen-bond acceptors (Lipinski definition) is 6. The molecule has 4 heterocycles. The van der Waals surface area contributed by atoms with Crippen molar-refractivity contribution >= 4 is 17.5 Å². The first-order valence-corrected chi connectivity index (χ1v) is 11.6. The molecule has 1 spiro atoms. The lowest BCUT2D eigenvalue weighted by Gasteiger charge is -2.24. The topological polar surface area (TPSA) is 93.7 Å². The molecular weight excluding hydrogens is 444 g/mol. The minimum absolute atomic E-state index is 0.100. The summed E-state index contributed by atoms with van der Waals surface area (Å²) in [6, 6.07) is 9.67. The molecule has 1 N–H and O–H groups in total. The quantitative estimate of drug-likeness (QED) is 0.632. The van der Waals surface area contributed by atoms with Crippen LogP contribution in [0.25, 0.3) is 11.1 Å². The number of amides is 2. The molecule has 2 amide bonds. The van der Waals surface area contributed by atoms with Crippen LogP contribution in [0.3, 0.4) is 0 Å². The maximum absolute atomic E-state index is 14.3. The Bertz CT molecular complexity index is 1400. The highest BCUT2D eigenvalue weighted by Crippen LogP contribution is 2.56. The van der Waals surface area contributed by atoms with Crippen molar-refractivity contribution in [1.82, 2.24) is 15.3 Å². The predicted molar refractivity (Wildman–Crippen MR) is 129 cm³/mol. The van der Waals surface area contributed by atoms with E-state index in [-0.39, 0.29) is 25.0 Å². The van der Waals surface area contributed by atoms with E-state index >= 15 is 0 Å². The van der Waals surface area contributed by atoms with Crippen molar-refractivity contribution < 1.29 is 19.1 Å². The zero-order chi connectivity index (χ0) is 24.2. The van der Waals surface area contributed by atoms with Crippen molar-refractivity contribution in [3.8, 4) is 22.6 Å². The van der Waals surface area contributed by atoms with Gasteiger partial charge in [-0.1, -0.05) is 18.2 Å². The summed E-state index contributed by atoms with van der Waals surface area (Å²) in [6.07, 6.45) is 7.54. The lowest BCUT2D eigenvalue weighted by Crippen LogP contribution is -2.46. The fourth-order valence-corrected chi connectivity index (χ4v) is 5.28. The molecule has 3 aliphatic rings. The van der Waals surface area contributed by atoms with Crippen molar-refractivity contribution in [2.45, 2.75) is 25.7 Å². The number of rotatable bonds is 4. The molecule has 0 radical (unpaired) electrons. The van der Waals surface area contributed by atoms with Crippen LogP contribution in [0.15, 0.2) is 60.8 Å². The number of benzene rings is 2. The van der Waals surface area contributed by atoms with Crippen LogP contribution in [0.1, 0.15) is 30.5 Å². The normalized spacial score (nSPS) is 19.8. The van der Waals surface area contributed by atoms with Crippen LogP contribution in [-0.2, 0) is 21.4 Å². The van der Waals surface area contributed by atoms with Crippen molar-refractivity contribution in [2.24, 2.45) is 0 Å². The van der Waals surface area contributed by atoms with Gasteiger partial charge in [0.2, 0.25) is 11.8 Å². The lowest BCUT2D eigenvalue weighted by molar-refractivity contribution is -0.125. The number of hydrogen-bond donors (Lipinski definition) is 1. The van der Waals surface area contributed by atoms with Gasteiger partial charge < -0.3 is 19.7 Å². The molecule has 0 fully saturated rings. The third kappa shape index (κ3) is 3.13. The van der Waals surface area contributed by atoms with E-state index in [1.54, 1.807) is 17.3 Å². The number of carbonyl (C=O) groups excluding carboxylic acids is 2. The Kier molecular flexibility index (Phi) is 4.84. The van der Waals surface area contributed by atoms with Gasteiger partial charge >= 0.3 is 0 Å². The second kappa shape index (κ2) is 7.94. The monoisotopic (exact) mass is 468 g/mol. The van der Waals surface area contributed by atoms with Gasteiger partial charge in [-0.25, -0.2) is 9.97 Å². The number of ether oxygens (including phenoxy) is 2. The number of fused-ring (bicyclic) bond motifs is 5. The Balaban J connectivity index is 1.55. The molecule has 6 rings (SSSR count). The molecule has 3 aliphatic heterocycles. The van der Waals surface area contributed by atoms with Gasteiger partial charge in [0.15, 0.2) is 0 Å². The second-order valence-corrected chi connectivity index (χ2v) is 8.99. The van der Waals surface area contributed by atoms with E-state index < -0.39 is 5.41 Å². The summed E-state index contributed by atoms with van der Waals surface area (Å²) >= 11 is 0. The second-order valence-electron chi connectivity index (χ2n) is 8.99. The van der Waals surface area contributed by atoms with Gasteiger partial charge in [-0.2, -0.15) is 0 Å². The minimum Gasteiger partial charge on any atom is -0.493 e. The number of carbonyl (C=O) groups is 2. The van der Waals surface area contributed by atoms with E-state index in [1.165, 1.54) is 6.33 Å². The van der Waals surface area contributed by atoms with Gasteiger partial charge in [0.05, 0.1) is 6.61 Å². The largest absolute Gasteiger partial charge is 0.493 e. The summed E-state index contributed by atoms with van der Waals surface area (Å²) in [4.78, 5) is 37.1. The van der Waals surface area contributed by atoms with E-state index in [9.17, 15) is 9.59 Å². The van der Waals surface area contributed by atoms with Gasteiger partial charge in [-0.15, -0.1) is 0 Å². The number of aromatic nitrogens is 2. The van der Waals surface area contributed by atoms with Crippen LogP contribution in [0, 0.1) is 0 Å². The molecule has 1 atom stereocenters. The fraction of sp³-hybridized carbons (Fsp3) is 0.259. The Hall–Kier alpha value is -4.20. The molecule has 1 aromatic heterocycles. The molecule has 2 aromatic carbocycles. The lowest BCUT2D eigenvalue weighted by atomic mass is 9.74. The standard InChI is InChI=1S/C27H24N4O4/c1-3-16(2)30-24(32)13-31-21-6-4-5-19(18-11-28-15-29-12-18)25(21)27(26(31)33)14-35-23-10-22-17(7-8-34-22)9-20(23)27/h3-6,9-12,15H,7-8,13-14H2,1-2H3,(H,30,32)/b16-3+. The van der Waals surface area contributed by atoms with Crippen LogP contribution in [0.5, 0.6) is 11.5 Å². The average molecular weight is 469 g/mol. The van der Waals surface area contributed by atoms with Gasteiger partial charge in [0.25, 0.3) is 0 Å². The van der Waals surface area contributed by atoms with Gasteiger partial charge in [0, 0.05) is 53.0 Å². The number of allylic oxidation sites excluding steroid dienone is 2. The highest BCUT2D eigenvalue weighted by Gasteiger charge is 2.58. The summed E-state index contributed by atoms with van der Waals surface area (Å²) in [7, 11) is 0. The number of nitrogens with one attached hydrogen (secondary N) is 1. The van der Waals surface area contributed by atoms with E-state index in [0.29, 0.717) is 18.0 Å². The Morgan fingerprint density at radius 3 is 2.83 bits per heavy atom. The zero-order valence-electron chi connectivity index (χ0n) is 19.5. The third-order valence-electron chi connectivity index (χ3n) is 7.01. The molecule has 0 bridgehead atoms. The molecule has 0 saturated carbocycles. The minimum atomic E-state index is -1.08. The fourth-order valence-electron chi connectivity index (χ4n) is 5.28. The van der Waals surface area contributed by atoms with Crippen molar-refractivity contribution in [1.29, 1.82) is 0 Å². The molecule has 176 valence electrons. The van der Waals surface area contributed by atoms with Gasteiger partial charge in [-0.3, -0.25) is 9.59 Å². The van der Waals surface area contributed by atoms with Crippen molar-refractivity contribution in [2.75, 3.05) is 24.7 Å². The maximum atomic E-state index is 14.3. The molecule has 1 unspecified atom stereocenters. The Morgan fingerprint density at radius 2 is 2.03 bits per heavy atom. The summed E-state index contributed by atoms with van der Waals surface area (Å²) in [5.41, 5.74) is 4.67. The predicted octanol–water partition coefficient (Wildman–Crippen LogP) is 3.14. The third-order valence-corrected chi connectivity index (χ3v) is 7.01. The highest BCUT2D eigenvalue weighted by molar-refractivity contribution is 6.15. The van der Waals surface area contributed by atoms with E-state index in [0.717, 1.165) is 45.7 Å². The first kappa shape index (κ1) is 21.3. The van der Waals surface area contributed by atoms with E-state index in [2.05, 4.69) is 15.3 Å². The molecular formula is C27H24N4O4. The first-order chi connectivity index (χ1) is 17.0. The van der Waals surface area contributed by atoms with Gasteiger partial charge in [0.1, 0.15) is 36.4 Å². The van der Waals surface area contributed by atoms with Crippen molar-refractivity contribution in [3.05, 3.63) is 77.5 Å². The SMILES string of the molecule is C/C=C(\C)NC(=O)CN1C(=O)C2(COc3cc4c(cc32)CCO4)c2c(-c3cncnc3)cccc21. The molecule has 8 nitrogen and oxygen atoms in total. The summed E-state index contributed by atoms with van der Waals surface area (Å²) in [5.74, 6) is 1.00.